The molecule has 2 aromatic rings. The zero-order chi connectivity index (χ0) is 15.0. The minimum absolute atomic E-state index is 0.157. The fourth-order valence-electron chi connectivity index (χ4n) is 2.26. The van der Waals surface area contributed by atoms with E-state index in [0.29, 0.717) is 18.0 Å². The van der Waals surface area contributed by atoms with Crippen LogP contribution in [-0.4, -0.2) is 15.5 Å². The van der Waals surface area contributed by atoms with E-state index in [0.717, 1.165) is 24.2 Å². The minimum atomic E-state index is -0.467. The quantitative estimate of drug-likeness (QED) is 0.877. The van der Waals surface area contributed by atoms with Crippen LogP contribution in [0.4, 0.5) is 0 Å². The van der Waals surface area contributed by atoms with Crippen LogP contribution in [0.15, 0.2) is 35.1 Å². The monoisotopic (exact) mass is 303 g/mol. The van der Waals surface area contributed by atoms with Crippen molar-refractivity contribution in [3.05, 3.63) is 62.8 Å². The van der Waals surface area contributed by atoms with Gasteiger partial charge in [-0.3, -0.25) is 14.2 Å². The molecule has 1 aromatic carbocycles. The highest BCUT2D eigenvalue weighted by atomic mass is 35.5. The molecule has 21 heavy (non-hydrogen) atoms. The molecule has 1 saturated carbocycles. The summed E-state index contributed by atoms with van der Waals surface area (Å²) in [5.41, 5.74) is 6.41. The fraction of sp³-hybridized carbons (Fsp3) is 0.267. The molecule has 5 nitrogen and oxygen atoms in total. The average molecular weight is 304 g/mol. The summed E-state index contributed by atoms with van der Waals surface area (Å²) in [5.74, 6) is 0.596. The number of rotatable bonds is 4. The first kappa shape index (κ1) is 13.8. The molecule has 0 radical (unpaired) electrons. The molecule has 1 fully saturated rings. The molecule has 1 heterocycles. The van der Waals surface area contributed by atoms with Crippen molar-refractivity contribution in [2.45, 2.75) is 25.3 Å². The summed E-state index contributed by atoms with van der Waals surface area (Å²) < 4.78 is 1.64. The standard InChI is InChI=1S/C15H14ClN3O2/c16-12-7-13(20)19(15(18-12)11-5-6-11)8-9-1-3-10(4-2-9)14(17)21/h1-4,7,11H,5-6,8H2,(H2,17,21). The van der Waals surface area contributed by atoms with E-state index in [1.54, 1.807) is 28.8 Å². The molecular formula is C15H14ClN3O2. The van der Waals surface area contributed by atoms with Crippen LogP contribution in [0.1, 0.15) is 40.5 Å². The number of carbonyl (C=O) groups excluding carboxylic acids is 1. The Labute approximate surface area is 126 Å². The van der Waals surface area contributed by atoms with Gasteiger partial charge in [-0.15, -0.1) is 0 Å². The third-order valence-electron chi connectivity index (χ3n) is 3.53. The molecular weight excluding hydrogens is 290 g/mol. The molecule has 0 bridgehead atoms. The van der Waals surface area contributed by atoms with Crippen LogP contribution in [0, 0.1) is 0 Å². The molecule has 1 aliphatic carbocycles. The van der Waals surface area contributed by atoms with Crippen molar-refractivity contribution in [2.24, 2.45) is 5.73 Å². The van der Waals surface area contributed by atoms with E-state index in [2.05, 4.69) is 4.98 Å². The number of benzene rings is 1. The topological polar surface area (TPSA) is 78.0 Å². The molecule has 1 aromatic heterocycles. The van der Waals surface area contributed by atoms with Gasteiger partial charge in [0.25, 0.3) is 5.56 Å². The summed E-state index contributed by atoms with van der Waals surface area (Å²) >= 11 is 5.88. The van der Waals surface area contributed by atoms with Gasteiger partial charge in [0.1, 0.15) is 11.0 Å². The second kappa shape index (κ2) is 5.33. The maximum Gasteiger partial charge on any atom is 0.255 e. The molecule has 108 valence electrons. The van der Waals surface area contributed by atoms with Gasteiger partial charge in [0, 0.05) is 17.5 Å². The number of aromatic nitrogens is 2. The number of primary amides is 1. The summed E-state index contributed by atoms with van der Waals surface area (Å²) in [6.45, 7) is 0.411. The number of carbonyl (C=O) groups is 1. The van der Waals surface area contributed by atoms with E-state index in [4.69, 9.17) is 17.3 Å². The van der Waals surface area contributed by atoms with Crippen molar-refractivity contribution in [2.75, 3.05) is 0 Å². The Bertz CT molecular complexity index is 749. The van der Waals surface area contributed by atoms with Gasteiger partial charge in [-0.05, 0) is 30.5 Å². The van der Waals surface area contributed by atoms with Crippen molar-refractivity contribution in [3.63, 3.8) is 0 Å². The molecule has 3 rings (SSSR count). The lowest BCUT2D eigenvalue weighted by molar-refractivity contribution is 0.100. The highest BCUT2D eigenvalue weighted by molar-refractivity contribution is 6.29. The first-order chi connectivity index (χ1) is 10.0. The van der Waals surface area contributed by atoms with E-state index in [1.807, 2.05) is 0 Å². The summed E-state index contributed by atoms with van der Waals surface area (Å²) in [5, 5.41) is 0.238. The van der Waals surface area contributed by atoms with Gasteiger partial charge in [-0.1, -0.05) is 23.7 Å². The van der Waals surface area contributed by atoms with Gasteiger partial charge < -0.3 is 5.73 Å². The highest BCUT2D eigenvalue weighted by Crippen LogP contribution is 2.38. The summed E-state index contributed by atoms with van der Waals surface area (Å²) in [7, 11) is 0. The van der Waals surface area contributed by atoms with Gasteiger partial charge in [-0.2, -0.15) is 0 Å². The zero-order valence-corrected chi connectivity index (χ0v) is 12.0. The molecule has 2 N–H and O–H groups in total. The predicted octanol–water partition coefficient (Wildman–Crippen LogP) is 1.92. The molecule has 0 saturated heterocycles. The van der Waals surface area contributed by atoms with Gasteiger partial charge >= 0.3 is 0 Å². The smallest absolute Gasteiger partial charge is 0.255 e. The molecule has 1 aliphatic rings. The second-order valence-electron chi connectivity index (χ2n) is 5.20. The van der Waals surface area contributed by atoms with Crippen LogP contribution < -0.4 is 11.3 Å². The lowest BCUT2D eigenvalue weighted by atomic mass is 10.1. The number of nitrogens with two attached hydrogens (primary N) is 1. The second-order valence-corrected chi connectivity index (χ2v) is 5.58. The number of hydrogen-bond acceptors (Lipinski definition) is 3. The largest absolute Gasteiger partial charge is 0.366 e. The Kier molecular flexibility index (Phi) is 3.51. The highest BCUT2D eigenvalue weighted by Gasteiger charge is 2.29. The Morgan fingerprint density at radius 1 is 1.33 bits per heavy atom. The van der Waals surface area contributed by atoms with Gasteiger partial charge in [0.2, 0.25) is 5.91 Å². The SMILES string of the molecule is NC(=O)c1ccc(Cn2c(C3CC3)nc(Cl)cc2=O)cc1. The van der Waals surface area contributed by atoms with Gasteiger partial charge in [-0.25, -0.2) is 4.98 Å². The van der Waals surface area contributed by atoms with E-state index in [9.17, 15) is 9.59 Å². The Hall–Kier alpha value is -2.14. The maximum absolute atomic E-state index is 12.1. The minimum Gasteiger partial charge on any atom is -0.366 e. The number of hydrogen-bond donors (Lipinski definition) is 1. The Balaban J connectivity index is 1.94. The molecule has 0 spiro atoms. The Morgan fingerprint density at radius 3 is 2.57 bits per heavy atom. The van der Waals surface area contributed by atoms with Crippen LogP contribution >= 0.6 is 11.6 Å². The predicted molar refractivity (Wildman–Crippen MR) is 79.5 cm³/mol. The van der Waals surface area contributed by atoms with Crippen LogP contribution in [0.2, 0.25) is 5.15 Å². The molecule has 1 amide bonds. The van der Waals surface area contributed by atoms with E-state index >= 15 is 0 Å². The number of halogens is 1. The fourth-order valence-corrected chi connectivity index (χ4v) is 2.44. The van der Waals surface area contributed by atoms with Crippen LogP contribution in [0.25, 0.3) is 0 Å². The van der Waals surface area contributed by atoms with E-state index < -0.39 is 5.91 Å². The van der Waals surface area contributed by atoms with Crippen LogP contribution in [-0.2, 0) is 6.54 Å². The van der Waals surface area contributed by atoms with Crippen molar-refractivity contribution >= 4 is 17.5 Å². The molecule has 0 aliphatic heterocycles. The summed E-state index contributed by atoms with van der Waals surface area (Å²) in [6, 6.07) is 8.21. The third kappa shape index (κ3) is 2.97. The van der Waals surface area contributed by atoms with E-state index in [1.165, 1.54) is 6.07 Å². The van der Waals surface area contributed by atoms with Gasteiger partial charge in [0.15, 0.2) is 0 Å². The number of amides is 1. The summed E-state index contributed by atoms with van der Waals surface area (Å²) in [6.07, 6.45) is 2.07. The summed E-state index contributed by atoms with van der Waals surface area (Å²) in [4.78, 5) is 27.5. The molecule has 0 atom stereocenters. The van der Waals surface area contributed by atoms with Crippen LogP contribution in [0.5, 0.6) is 0 Å². The zero-order valence-electron chi connectivity index (χ0n) is 11.3. The first-order valence-corrected chi connectivity index (χ1v) is 7.08. The van der Waals surface area contributed by atoms with Crippen molar-refractivity contribution in [1.82, 2.24) is 9.55 Å². The molecule has 6 heteroatoms. The lowest BCUT2D eigenvalue weighted by Gasteiger charge is -2.12. The van der Waals surface area contributed by atoms with E-state index in [-0.39, 0.29) is 10.7 Å². The van der Waals surface area contributed by atoms with Crippen molar-refractivity contribution < 1.29 is 4.79 Å². The maximum atomic E-state index is 12.1. The average Bonchev–Trinajstić information content (AvgIpc) is 3.26. The lowest BCUT2D eigenvalue weighted by Crippen LogP contribution is -2.24. The van der Waals surface area contributed by atoms with Crippen LogP contribution in [0.3, 0.4) is 0 Å². The third-order valence-corrected chi connectivity index (χ3v) is 3.72. The molecule has 0 unspecified atom stereocenters. The van der Waals surface area contributed by atoms with Gasteiger partial charge in [0.05, 0.1) is 6.54 Å². The Morgan fingerprint density at radius 2 is 2.00 bits per heavy atom. The van der Waals surface area contributed by atoms with Crippen molar-refractivity contribution in [1.29, 1.82) is 0 Å². The normalized spacial score (nSPS) is 14.1. The van der Waals surface area contributed by atoms with Crippen molar-refractivity contribution in [3.8, 4) is 0 Å². The number of nitrogens with zero attached hydrogens (tertiary/aromatic N) is 2. The first-order valence-electron chi connectivity index (χ1n) is 6.70.